The van der Waals surface area contributed by atoms with Gasteiger partial charge in [0, 0.05) is 13.0 Å². The molecular weight excluding hydrogens is 354 g/mol. The number of carboxylic acids is 1. The van der Waals surface area contributed by atoms with Gasteiger partial charge in [0.1, 0.15) is 5.75 Å². The Morgan fingerprint density at radius 2 is 1.71 bits per heavy atom. The highest BCUT2D eigenvalue weighted by atomic mass is 16.5. The van der Waals surface area contributed by atoms with Crippen LogP contribution < -0.4 is 10.1 Å². The van der Waals surface area contributed by atoms with Crippen LogP contribution in [0.4, 0.5) is 0 Å². The molecule has 28 heavy (non-hydrogen) atoms. The normalized spacial score (nSPS) is 14.4. The first-order valence-electron chi connectivity index (χ1n) is 9.95. The van der Waals surface area contributed by atoms with E-state index in [1.54, 1.807) is 24.3 Å². The van der Waals surface area contributed by atoms with Gasteiger partial charge in [0.05, 0.1) is 11.7 Å². The summed E-state index contributed by atoms with van der Waals surface area (Å²) in [6.45, 7) is 0.448. The molecule has 2 aromatic rings. The summed E-state index contributed by atoms with van der Waals surface area (Å²) < 4.78 is 6.02. The number of aryl methyl sites for hydroxylation is 1. The SMILES string of the molecule is O=C(CCc1ccccc1C(=O)O)NCc1ccc(OC2CCCCC2)cc1. The predicted octanol–water partition coefficient (Wildman–Crippen LogP) is 4.35. The van der Waals surface area contributed by atoms with Crippen LogP contribution in [0.1, 0.15) is 60.0 Å². The number of rotatable bonds is 8. The quantitative estimate of drug-likeness (QED) is 0.713. The molecule has 1 amide bonds. The van der Waals surface area contributed by atoms with E-state index in [0.29, 0.717) is 24.6 Å². The van der Waals surface area contributed by atoms with Gasteiger partial charge in [-0.15, -0.1) is 0 Å². The zero-order valence-corrected chi connectivity index (χ0v) is 16.0. The Bertz CT molecular complexity index is 795. The molecule has 1 aliphatic rings. The van der Waals surface area contributed by atoms with Gasteiger partial charge in [-0.05, 0) is 61.4 Å². The van der Waals surface area contributed by atoms with E-state index in [1.165, 1.54) is 19.3 Å². The van der Waals surface area contributed by atoms with Crippen LogP contribution in [-0.4, -0.2) is 23.1 Å². The topological polar surface area (TPSA) is 75.6 Å². The molecule has 1 fully saturated rings. The Hall–Kier alpha value is -2.82. The second kappa shape index (κ2) is 9.93. The van der Waals surface area contributed by atoms with Crippen molar-refractivity contribution in [1.82, 2.24) is 5.32 Å². The third kappa shape index (κ3) is 5.84. The molecule has 0 bridgehead atoms. The molecular formula is C23H27NO4. The minimum Gasteiger partial charge on any atom is -0.490 e. The molecule has 0 unspecified atom stereocenters. The maximum absolute atomic E-state index is 12.1. The highest BCUT2D eigenvalue weighted by molar-refractivity contribution is 5.89. The summed E-state index contributed by atoms with van der Waals surface area (Å²) in [6, 6.07) is 14.6. The molecule has 148 valence electrons. The van der Waals surface area contributed by atoms with Crippen LogP contribution in [0, 0.1) is 0 Å². The van der Waals surface area contributed by atoms with Gasteiger partial charge >= 0.3 is 5.97 Å². The van der Waals surface area contributed by atoms with Gasteiger partial charge in [0.15, 0.2) is 0 Å². The maximum atomic E-state index is 12.1. The third-order valence-corrected chi connectivity index (χ3v) is 5.14. The highest BCUT2D eigenvalue weighted by Gasteiger charge is 2.14. The summed E-state index contributed by atoms with van der Waals surface area (Å²) >= 11 is 0. The lowest BCUT2D eigenvalue weighted by molar-refractivity contribution is -0.121. The second-order valence-electron chi connectivity index (χ2n) is 7.26. The highest BCUT2D eigenvalue weighted by Crippen LogP contribution is 2.23. The minimum atomic E-state index is -0.966. The number of carbonyl (C=O) groups is 2. The Morgan fingerprint density at radius 3 is 2.43 bits per heavy atom. The van der Waals surface area contributed by atoms with Crippen molar-refractivity contribution < 1.29 is 19.4 Å². The van der Waals surface area contributed by atoms with Gasteiger partial charge in [-0.2, -0.15) is 0 Å². The van der Waals surface area contributed by atoms with E-state index in [9.17, 15) is 14.7 Å². The Morgan fingerprint density at radius 1 is 1.00 bits per heavy atom. The standard InChI is InChI=1S/C23H27NO4/c25-22(15-12-18-6-4-5-9-21(18)23(26)27)24-16-17-10-13-20(14-11-17)28-19-7-2-1-3-8-19/h4-6,9-11,13-14,19H,1-3,7-8,12,15-16H2,(H,24,25)(H,26,27). The smallest absolute Gasteiger partial charge is 0.335 e. The summed E-state index contributed by atoms with van der Waals surface area (Å²) in [6.07, 6.45) is 7.03. The van der Waals surface area contributed by atoms with Gasteiger partial charge < -0.3 is 15.2 Å². The van der Waals surface area contributed by atoms with Gasteiger partial charge in [-0.1, -0.05) is 36.8 Å². The molecule has 0 heterocycles. The fraction of sp³-hybridized carbons (Fsp3) is 0.391. The van der Waals surface area contributed by atoms with E-state index < -0.39 is 5.97 Å². The van der Waals surface area contributed by atoms with Crippen LogP contribution in [0.5, 0.6) is 5.75 Å². The van der Waals surface area contributed by atoms with Crippen molar-refractivity contribution >= 4 is 11.9 Å². The van der Waals surface area contributed by atoms with Crippen molar-refractivity contribution in [2.75, 3.05) is 0 Å². The average Bonchev–Trinajstić information content (AvgIpc) is 2.72. The monoisotopic (exact) mass is 381 g/mol. The number of carbonyl (C=O) groups excluding carboxylic acids is 1. The van der Waals surface area contributed by atoms with Gasteiger partial charge in [0.25, 0.3) is 0 Å². The molecule has 0 atom stereocenters. The van der Waals surface area contributed by atoms with Crippen molar-refractivity contribution in [3.63, 3.8) is 0 Å². The molecule has 5 heteroatoms. The molecule has 0 aromatic heterocycles. The van der Waals surface area contributed by atoms with Crippen LogP contribution in [0.15, 0.2) is 48.5 Å². The molecule has 5 nitrogen and oxygen atoms in total. The predicted molar refractivity (Wildman–Crippen MR) is 108 cm³/mol. The van der Waals surface area contributed by atoms with Crippen LogP contribution in [-0.2, 0) is 17.8 Å². The fourth-order valence-corrected chi connectivity index (χ4v) is 3.55. The van der Waals surface area contributed by atoms with Gasteiger partial charge in [0.2, 0.25) is 5.91 Å². The van der Waals surface area contributed by atoms with E-state index in [-0.39, 0.29) is 17.9 Å². The van der Waals surface area contributed by atoms with E-state index >= 15 is 0 Å². The third-order valence-electron chi connectivity index (χ3n) is 5.14. The molecule has 1 saturated carbocycles. The molecule has 0 aliphatic heterocycles. The van der Waals surface area contributed by atoms with Crippen molar-refractivity contribution in [2.24, 2.45) is 0 Å². The molecule has 3 rings (SSSR count). The van der Waals surface area contributed by atoms with E-state index in [1.807, 2.05) is 24.3 Å². The number of hydrogen-bond donors (Lipinski definition) is 2. The maximum Gasteiger partial charge on any atom is 0.335 e. The van der Waals surface area contributed by atoms with Crippen LogP contribution >= 0.6 is 0 Å². The first kappa shape index (κ1) is 19.9. The first-order chi connectivity index (χ1) is 13.6. The number of hydrogen-bond acceptors (Lipinski definition) is 3. The summed E-state index contributed by atoms with van der Waals surface area (Å²) in [7, 11) is 0. The lowest BCUT2D eigenvalue weighted by Crippen LogP contribution is -2.23. The number of ether oxygens (including phenoxy) is 1. The lowest BCUT2D eigenvalue weighted by atomic mass is 9.98. The molecule has 0 radical (unpaired) electrons. The van der Waals surface area contributed by atoms with Crippen LogP contribution in [0.3, 0.4) is 0 Å². The van der Waals surface area contributed by atoms with Crippen molar-refractivity contribution in [3.05, 3.63) is 65.2 Å². The van der Waals surface area contributed by atoms with Gasteiger partial charge in [-0.3, -0.25) is 4.79 Å². The number of benzene rings is 2. The molecule has 2 aromatic carbocycles. The van der Waals surface area contributed by atoms with Crippen LogP contribution in [0.2, 0.25) is 0 Å². The Kier molecular flexibility index (Phi) is 7.06. The minimum absolute atomic E-state index is 0.0947. The summed E-state index contributed by atoms with van der Waals surface area (Å²) in [5, 5.41) is 12.1. The number of amides is 1. The number of carboxylic acid groups (broad SMARTS) is 1. The zero-order valence-electron chi connectivity index (χ0n) is 16.0. The van der Waals surface area contributed by atoms with Crippen molar-refractivity contribution in [3.8, 4) is 5.75 Å². The molecule has 1 aliphatic carbocycles. The molecule has 2 N–H and O–H groups in total. The Labute approximate surface area is 165 Å². The van der Waals surface area contributed by atoms with Gasteiger partial charge in [-0.25, -0.2) is 4.79 Å². The number of nitrogens with one attached hydrogen (secondary N) is 1. The first-order valence-corrected chi connectivity index (χ1v) is 9.95. The average molecular weight is 381 g/mol. The largest absolute Gasteiger partial charge is 0.490 e. The second-order valence-corrected chi connectivity index (χ2v) is 7.26. The van der Waals surface area contributed by atoms with E-state index in [4.69, 9.17) is 4.74 Å². The van der Waals surface area contributed by atoms with Crippen molar-refractivity contribution in [2.45, 2.75) is 57.6 Å². The number of aromatic carboxylic acids is 1. The summed E-state index contributed by atoms with van der Waals surface area (Å²) in [4.78, 5) is 23.3. The fourth-order valence-electron chi connectivity index (χ4n) is 3.55. The summed E-state index contributed by atoms with van der Waals surface area (Å²) in [5.74, 6) is -0.179. The van der Waals surface area contributed by atoms with Crippen LogP contribution in [0.25, 0.3) is 0 Å². The van der Waals surface area contributed by atoms with E-state index in [0.717, 1.165) is 24.2 Å². The molecule has 0 saturated heterocycles. The van der Waals surface area contributed by atoms with Crippen molar-refractivity contribution in [1.29, 1.82) is 0 Å². The van der Waals surface area contributed by atoms with E-state index in [2.05, 4.69) is 5.32 Å². The molecule has 0 spiro atoms. The summed E-state index contributed by atoms with van der Waals surface area (Å²) in [5.41, 5.74) is 1.94. The zero-order chi connectivity index (χ0) is 19.8. The Balaban J connectivity index is 1.43. The lowest BCUT2D eigenvalue weighted by Gasteiger charge is -2.23.